The molecule has 1 fully saturated rings. The van der Waals surface area contributed by atoms with Crippen molar-refractivity contribution >= 4 is 22.8 Å². The summed E-state index contributed by atoms with van der Waals surface area (Å²) >= 11 is 0. The monoisotopic (exact) mass is 578 g/mol. The van der Waals surface area contributed by atoms with Crippen LogP contribution in [0.3, 0.4) is 0 Å². The maximum absolute atomic E-state index is 13.4. The fourth-order valence-corrected chi connectivity index (χ4v) is 6.87. The number of nitrogens with zero attached hydrogens (tertiary/aromatic N) is 1. The molecule has 2 heterocycles. The van der Waals surface area contributed by atoms with Crippen molar-refractivity contribution in [3.63, 3.8) is 0 Å². The summed E-state index contributed by atoms with van der Waals surface area (Å²) in [5.41, 5.74) is 5.96. The minimum atomic E-state index is -0.613. The summed E-state index contributed by atoms with van der Waals surface area (Å²) in [7, 11) is 6.22. The Morgan fingerprint density at radius 3 is 2.52 bits per heavy atom. The van der Waals surface area contributed by atoms with Crippen LogP contribution in [-0.2, 0) is 32.0 Å². The molecule has 0 bridgehead atoms. The van der Waals surface area contributed by atoms with Gasteiger partial charge in [0.25, 0.3) is 0 Å². The highest BCUT2D eigenvalue weighted by Crippen LogP contribution is 2.40. The average molecular weight is 579 g/mol. The van der Waals surface area contributed by atoms with E-state index in [1.165, 1.54) is 23.8 Å². The predicted octanol–water partition coefficient (Wildman–Crippen LogP) is 4.85. The number of aromatic amines is 1. The molecule has 226 valence electrons. The summed E-state index contributed by atoms with van der Waals surface area (Å²) in [4.78, 5) is 32.5. The molecule has 5 rings (SSSR count). The van der Waals surface area contributed by atoms with Crippen molar-refractivity contribution in [2.24, 2.45) is 17.8 Å². The van der Waals surface area contributed by atoms with Gasteiger partial charge in [0.05, 0.1) is 32.8 Å². The van der Waals surface area contributed by atoms with Crippen LogP contribution in [0.15, 0.2) is 30.3 Å². The van der Waals surface area contributed by atoms with Crippen LogP contribution in [-0.4, -0.2) is 75.6 Å². The molecule has 0 spiro atoms. The van der Waals surface area contributed by atoms with E-state index in [0.29, 0.717) is 17.7 Å². The summed E-state index contributed by atoms with van der Waals surface area (Å²) in [5.74, 6) is 0.135. The van der Waals surface area contributed by atoms with Gasteiger partial charge >= 0.3 is 11.9 Å². The highest BCUT2D eigenvalue weighted by atomic mass is 16.6. The van der Waals surface area contributed by atoms with Gasteiger partial charge in [-0.05, 0) is 79.5 Å². The van der Waals surface area contributed by atoms with Crippen LogP contribution >= 0.6 is 0 Å². The van der Waals surface area contributed by atoms with E-state index in [4.69, 9.17) is 23.7 Å². The van der Waals surface area contributed by atoms with Gasteiger partial charge in [-0.2, -0.15) is 0 Å². The second-order valence-corrected chi connectivity index (χ2v) is 11.6. The molecular formula is C33H42N2O7. The Balaban J connectivity index is 1.37. The Hall–Kier alpha value is -3.56. The molecule has 0 radical (unpaired) electrons. The van der Waals surface area contributed by atoms with Gasteiger partial charge < -0.3 is 28.7 Å². The van der Waals surface area contributed by atoms with Crippen LogP contribution in [0.4, 0.5) is 0 Å². The quantitative estimate of drug-likeness (QED) is 0.379. The third-order valence-electron chi connectivity index (χ3n) is 9.40. The number of hydrogen-bond donors (Lipinski definition) is 1. The Kier molecular flexibility index (Phi) is 8.80. The first-order chi connectivity index (χ1) is 20.2. The number of esters is 2. The van der Waals surface area contributed by atoms with E-state index >= 15 is 0 Å². The molecule has 42 heavy (non-hydrogen) atoms. The van der Waals surface area contributed by atoms with E-state index in [2.05, 4.69) is 22.9 Å². The maximum atomic E-state index is 13.4. The fourth-order valence-electron chi connectivity index (χ4n) is 6.87. The van der Waals surface area contributed by atoms with Crippen molar-refractivity contribution < 1.29 is 33.3 Å². The number of carbonyl (C=O) groups excluding carboxylic acids is 2. The largest absolute Gasteiger partial charge is 0.497 e. The lowest BCUT2D eigenvalue weighted by molar-refractivity contribution is -0.169. The molecule has 2 aromatic carbocycles. The smallest absolute Gasteiger partial charge is 0.338 e. The summed E-state index contributed by atoms with van der Waals surface area (Å²) in [5, 5.41) is 1.24. The number of benzene rings is 2. The summed E-state index contributed by atoms with van der Waals surface area (Å²) in [6.45, 7) is 8.40. The second kappa shape index (κ2) is 12.4. The van der Waals surface area contributed by atoms with E-state index in [9.17, 15) is 9.59 Å². The summed E-state index contributed by atoms with van der Waals surface area (Å²) in [6.07, 6.45) is 0.282. The lowest BCUT2D eigenvalue weighted by Gasteiger charge is -2.45. The number of rotatable bonds is 8. The zero-order valence-corrected chi connectivity index (χ0v) is 25.6. The van der Waals surface area contributed by atoms with Gasteiger partial charge in [-0.15, -0.1) is 0 Å². The van der Waals surface area contributed by atoms with E-state index in [1.54, 1.807) is 27.4 Å². The Morgan fingerprint density at radius 2 is 1.83 bits per heavy atom. The highest BCUT2D eigenvalue weighted by Gasteiger charge is 2.49. The van der Waals surface area contributed by atoms with Crippen molar-refractivity contribution in [3.05, 3.63) is 58.3 Å². The van der Waals surface area contributed by atoms with Crippen molar-refractivity contribution in [3.8, 4) is 11.5 Å². The molecule has 0 amide bonds. The summed E-state index contributed by atoms with van der Waals surface area (Å²) < 4.78 is 28.1. The molecule has 1 aliphatic carbocycles. The third kappa shape index (κ3) is 5.60. The van der Waals surface area contributed by atoms with Crippen molar-refractivity contribution in [2.45, 2.75) is 52.4 Å². The fraction of sp³-hybridized carbons (Fsp3) is 0.515. The SMILES string of the molecule is COC(=O)[C@H]1[C@@H](C)[C@@H](CN2CCc3c([nH]c4cc(OC)ccc34)C2)C[C@@H](OC(=O)c2cc(C)c(C)c(OC)c2)[C@@H]1OC. The average Bonchev–Trinajstić information content (AvgIpc) is 3.36. The number of H-pyrrole nitrogens is 1. The standard InChI is InChI=1S/C33H42N2O7/c1-18-12-21(13-28(39-5)19(18)2)32(36)42-29-14-22(20(3)30(31(29)40-6)33(37)41-7)16-35-11-10-25-24-9-8-23(38-4)15-26(24)34-27(25)17-35/h8-9,12-13,15,20,22,29-31,34H,10-11,14,16-17H2,1-7H3/t20-,22+,29+,30-,31-/m0/s1. The van der Waals surface area contributed by atoms with Gasteiger partial charge in [-0.1, -0.05) is 6.92 Å². The van der Waals surface area contributed by atoms with Crippen LogP contribution in [0.1, 0.15) is 46.1 Å². The number of ether oxygens (including phenoxy) is 5. The van der Waals surface area contributed by atoms with Crippen LogP contribution in [0.5, 0.6) is 11.5 Å². The third-order valence-corrected chi connectivity index (χ3v) is 9.40. The minimum absolute atomic E-state index is 0.0348. The molecule has 5 atom stereocenters. The lowest BCUT2D eigenvalue weighted by atomic mass is 9.69. The predicted molar refractivity (Wildman–Crippen MR) is 159 cm³/mol. The lowest BCUT2D eigenvalue weighted by Crippen LogP contribution is -2.54. The molecule has 3 aromatic rings. The van der Waals surface area contributed by atoms with Crippen molar-refractivity contribution in [1.29, 1.82) is 0 Å². The number of nitrogens with one attached hydrogen (secondary N) is 1. The van der Waals surface area contributed by atoms with Gasteiger partial charge in [0, 0.05) is 49.4 Å². The first kappa shape index (κ1) is 29.9. The van der Waals surface area contributed by atoms with Crippen LogP contribution in [0.25, 0.3) is 10.9 Å². The van der Waals surface area contributed by atoms with Crippen LogP contribution in [0, 0.1) is 31.6 Å². The molecule has 0 saturated heterocycles. The molecular weight excluding hydrogens is 536 g/mol. The number of aromatic nitrogens is 1. The first-order valence-electron chi connectivity index (χ1n) is 14.6. The zero-order valence-electron chi connectivity index (χ0n) is 25.6. The van der Waals surface area contributed by atoms with Gasteiger partial charge in [-0.3, -0.25) is 9.69 Å². The van der Waals surface area contributed by atoms with Gasteiger partial charge in [0.1, 0.15) is 23.7 Å². The molecule has 1 saturated carbocycles. The van der Waals surface area contributed by atoms with E-state index < -0.39 is 24.1 Å². The molecule has 1 aromatic heterocycles. The van der Waals surface area contributed by atoms with Crippen LogP contribution in [0.2, 0.25) is 0 Å². The van der Waals surface area contributed by atoms with Crippen molar-refractivity contribution in [1.82, 2.24) is 9.88 Å². The number of aryl methyl sites for hydroxylation is 1. The Morgan fingerprint density at radius 1 is 1.05 bits per heavy atom. The van der Waals surface area contributed by atoms with Gasteiger partial charge in [0.2, 0.25) is 0 Å². The maximum Gasteiger partial charge on any atom is 0.338 e. The molecule has 2 aliphatic rings. The van der Waals surface area contributed by atoms with E-state index in [0.717, 1.165) is 48.4 Å². The zero-order chi connectivity index (χ0) is 30.1. The van der Waals surface area contributed by atoms with E-state index in [1.807, 2.05) is 32.0 Å². The van der Waals surface area contributed by atoms with Gasteiger partial charge in [-0.25, -0.2) is 4.79 Å². The topological polar surface area (TPSA) is 99.3 Å². The highest BCUT2D eigenvalue weighted by molar-refractivity contribution is 5.90. The Bertz CT molecular complexity index is 1460. The van der Waals surface area contributed by atoms with Crippen molar-refractivity contribution in [2.75, 3.05) is 41.5 Å². The molecule has 1 N–H and O–H groups in total. The molecule has 1 aliphatic heterocycles. The molecule has 0 unspecified atom stereocenters. The molecule has 9 nitrogen and oxygen atoms in total. The summed E-state index contributed by atoms with van der Waals surface area (Å²) in [6, 6.07) is 9.68. The number of methoxy groups -OCH3 is 4. The first-order valence-corrected chi connectivity index (χ1v) is 14.6. The van der Waals surface area contributed by atoms with E-state index in [-0.39, 0.29) is 17.8 Å². The Labute approximate surface area is 247 Å². The van der Waals surface area contributed by atoms with Gasteiger partial charge in [0.15, 0.2) is 0 Å². The number of carbonyl (C=O) groups is 2. The van der Waals surface area contributed by atoms with Crippen LogP contribution < -0.4 is 9.47 Å². The number of fused-ring (bicyclic) bond motifs is 3. The normalized spacial score (nSPS) is 24.2. The molecule has 9 heteroatoms. The number of hydrogen-bond acceptors (Lipinski definition) is 8. The minimum Gasteiger partial charge on any atom is -0.497 e. The second-order valence-electron chi connectivity index (χ2n) is 11.6.